The van der Waals surface area contributed by atoms with Gasteiger partial charge in [-0.1, -0.05) is 30.3 Å². The van der Waals surface area contributed by atoms with Gasteiger partial charge >= 0.3 is 0 Å². The molecule has 0 aliphatic carbocycles. The standard InChI is InChI=1S/C12H15NO2/c1-15-13-11(9-12(13)14)8-7-10-5-3-2-4-6-10/h2-6,11H,7-9H2,1H3. The predicted molar refractivity (Wildman–Crippen MR) is 57.0 cm³/mol. The number of nitrogens with zero attached hydrogens (tertiary/aromatic N) is 1. The van der Waals surface area contributed by atoms with Gasteiger partial charge in [0, 0.05) is 0 Å². The summed E-state index contributed by atoms with van der Waals surface area (Å²) in [5.74, 6) is 0.0931. The van der Waals surface area contributed by atoms with Gasteiger partial charge in [-0.25, -0.2) is 5.06 Å². The predicted octanol–water partition coefficient (Wildman–Crippen LogP) is 1.78. The fourth-order valence-electron chi connectivity index (χ4n) is 1.91. The maximum absolute atomic E-state index is 11.1. The second kappa shape index (κ2) is 4.45. The zero-order valence-corrected chi connectivity index (χ0v) is 8.85. The van der Waals surface area contributed by atoms with Crippen molar-refractivity contribution in [1.29, 1.82) is 0 Å². The lowest BCUT2D eigenvalue weighted by Crippen LogP contribution is -2.51. The van der Waals surface area contributed by atoms with E-state index in [9.17, 15) is 4.79 Å². The van der Waals surface area contributed by atoms with Crippen LogP contribution in [0.15, 0.2) is 30.3 Å². The van der Waals surface area contributed by atoms with Gasteiger partial charge in [0.2, 0.25) is 5.91 Å². The molecule has 1 saturated heterocycles. The largest absolute Gasteiger partial charge is 0.274 e. The molecule has 1 aliphatic rings. The summed E-state index contributed by atoms with van der Waals surface area (Å²) in [6, 6.07) is 10.6. The molecule has 1 heterocycles. The monoisotopic (exact) mass is 205 g/mol. The molecular weight excluding hydrogens is 190 g/mol. The smallest absolute Gasteiger partial charge is 0.248 e. The van der Waals surface area contributed by atoms with E-state index in [4.69, 9.17) is 4.84 Å². The average Bonchev–Trinajstić information content (AvgIpc) is 2.26. The molecule has 3 heteroatoms. The number of rotatable bonds is 4. The fourth-order valence-corrected chi connectivity index (χ4v) is 1.91. The normalized spacial score (nSPS) is 20.2. The third-order valence-corrected chi connectivity index (χ3v) is 2.79. The van der Waals surface area contributed by atoms with Gasteiger partial charge in [-0.2, -0.15) is 0 Å². The number of amides is 1. The summed E-state index contributed by atoms with van der Waals surface area (Å²) in [5, 5.41) is 1.48. The van der Waals surface area contributed by atoms with Crippen molar-refractivity contribution in [2.24, 2.45) is 0 Å². The number of carbonyl (C=O) groups excluding carboxylic acids is 1. The minimum atomic E-state index is 0.0931. The van der Waals surface area contributed by atoms with Gasteiger partial charge in [-0.05, 0) is 18.4 Å². The van der Waals surface area contributed by atoms with Crippen molar-refractivity contribution in [3.8, 4) is 0 Å². The number of β-lactam (4-membered cyclic amide) rings is 1. The Labute approximate surface area is 89.6 Å². The van der Waals surface area contributed by atoms with Crippen molar-refractivity contribution in [1.82, 2.24) is 5.06 Å². The third kappa shape index (κ3) is 2.18. The van der Waals surface area contributed by atoms with Gasteiger partial charge in [0.25, 0.3) is 0 Å². The fraction of sp³-hybridized carbons (Fsp3) is 0.417. The summed E-state index contributed by atoms with van der Waals surface area (Å²) in [5.41, 5.74) is 1.31. The molecule has 0 N–H and O–H groups in total. The van der Waals surface area contributed by atoms with Crippen LogP contribution >= 0.6 is 0 Å². The molecule has 0 saturated carbocycles. The highest BCUT2D eigenvalue weighted by atomic mass is 16.7. The Hall–Kier alpha value is -1.35. The van der Waals surface area contributed by atoms with E-state index < -0.39 is 0 Å². The van der Waals surface area contributed by atoms with Crippen LogP contribution in [0.3, 0.4) is 0 Å². The Bertz CT molecular complexity index is 337. The SMILES string of the molecule is CON1C(=O)CC1CCc1ccccc1. The van der Waals surface area contributed by atoms with Crippen molar-refractivity contribution >= 4 is 5.91 Å². The van der Waals surface area contributed by atoms with E-state index in [1.54, 1.807) is 7.11 Å². The average molecular weight is 205 g/mol. The second-order valence-electron chi connectivity index (χ2n) is 3.78. The Morgan fingerprint density at radius 1 is 1.40 bits per heavy atom. The minimum absolute atomic E-state index is 0.0931. The molecule has 1 unspecified atom stereocenters. The third-order valence-electron chi connectivity index (χ3n) is 2.79. The highest BCUT2D eigenvalue weighted by Crippen LogP contribution is 2.23. The van der Waals surface area contributed by atoms with Gasteiger partial charge in [0.05, 0.1) is 19.6 Å². The van der Waals surface area contributed by atoms with Crippen molar-refractivity contribution < 1.29 is 9.63 Å². The summed E-state index contributed by atoms with van der Waals surface area (Å²) in [7, 11) is 1.55. The van der Waals surface area contributed by atoms with Crippen LogP contribution in [-0.4, -0.2) is 24.1 Å². The van der Waals surface area contributed by atoms with Crippen LogP contribution in [0.25, 0.3) is 0 Å². The molecule has 80 valence electrons. The molecule has 15 heavy (non-hydrogen) atoms. The number of hydrogen-bond donors (Lipinski definition) is 0. The molecule has 1 atom stereocenters. The Balaban J connectivity index is 1.82. The quantitative estimate of drug-likeness (QED) is 0.701. The van der Waals surface area contributed by atoms with Gasteiger partial charge in [-0.15, -0.1) is 0 Å². The lowest BCUT2D eigenvalue weighted by molar-refractivity contribution is -0.216. The highest BCUT2D eigenvalue weighted by molar-refractivity contribution is 5.81. The first kappa shape index (κ1) is 10.2. The topological polar surface area (TPSA) is 29.5 Å². The maximum atomic E-state index is 11.1. The van der Waals surface area contributed by atoms with E-state index in [0.717, 1.165) is 12.8 Å². The van der Waals surface area contributed by atoms with E-state index >= 15 is 0 Å². The summed E-state index contributed by atoms with van der Waals surface area (Å²) in [4.78, 5) is 16.1. The second-order valence-corrected chi connectivity index (χ2v) is 3.78. The van der Waals surface area contributed by atoms with Gasteiger partial charge in [-0.3, -0.25) is 9.63 Å². The maximum Gasteiger partial charge on any atom is 0.248 e. The van der Waals surface area contributed by atoms with Crippen LogP contribution in [0.2, 0.25) is 0 Å². The van der Waals surface area contributed by atoms with Crippen LogP contribution in [0, 0.1) is 0 Å². The van der Waals surface area contributed by atoms with E-state index in [2.05, 4.69) is 12.1 Å². The van der Waals surface area contributed by atoms with Crippen molar-refractivity contribution in [2.45, 2.75) is 25.3 Å². The summed E-state index contributed by atoms with van der Waals surface area (Å²) in [6.45, 7) is 0. The minimum Gasteiger partial charge on any atom is -0.274 e. The number of hydrogen-bond acceptors (Lipinski definition) is 2. The lowest BCUT2D eigenvalue weighted by atomic mass is 9.97. The van der Waals surface area contributed by atoms with Crippen molar-refractivity contribution in [3.63, 3.8) is 0 Å². The zero-order valence-electron chi connectivity index (χ0n) is 8.85. The number of carbonyl (C=O) groups is 1. The molecule has 1 amide bonds. The summed E-state index contributed by atoms with van der Waals surface area (Å²) < 4.78 is 0. The van der Waals surface area contributed by atoms with Crippen LogP contribution in [0.1, 0.15) is 18.4 Å². The van der Waals surface area contributed by atoms with Crippen molar-refractivity contribution in [3.05, 3.63) is 35.9 Å². The van der Waals surface area contributed by atoms with Crippen LogP contribution in [0.4, 0.5) is 0 Å². The molecule has 1 aromatic carbocycles. The van der Waals surface area contributed by atoms with Gasteiger partial charge in [0.1, 0.15) is 0 Å². The van der Waals surface area contributed by atoms with Gasteiger partial charge in [0.15, 0.2) is 0 Å². The first-order chi connectivity index (χ1) is 7.31. The number of aryl methyl sites for hydroxylation is 1. The first-order valence-electron chi connectivity index (χ1n) is 5.21. The molecule has 0 radical (unpaired) electrons. The molecule has 0 spiro atoms. The van der Waals surface area contributed by atoms with Crippen LogP contribution in [-0.2, 0) is 16.1 Å². The van der Waals surface area contributed by atoms with E-state index in [1.165, 1.54) is 10.6 Å². The molecule has 2 rings (SSSR count). The van der Waals surface area contributed by atoms with E-state index in [0.29, 0.717) is 6.42 Å². The molecule has 1 fully saturated rings. The molecule has 0 bridgehead atoms. The zero-order chi connectivity index (χ0) is 10.7. The van der Waals surface area contributed by atoms with Gasteiger partial charge < -0.3 is 0 Å². The molecule has 0 aromatic heterocycles. The molecule has 3 nitrogen and oxygen atoms in total. The summed E-state index contributed by atoms with van der Waals surface area (Å²) in [6.07, 6.45) is 2.60. The van der Waals surface area contributed by atoms with E-state index in [1.807, 2.05) is 18.2 Å². The lowest BCUT2D eigenvalue weighted by Gasteiger charge is -2.37. The number of benzene rings is 1. The molecule has 1 aromatic rings. The summed E-state index contributed by atoms with van der Waals surface area (Å²) >= 11 is 0. The van der Waals surface area contributed by atoms with Crippen molar-refractivity contribution in [2.75, 3.05) is 7.11 Å². The molecular formula is C12H15NO2. The first-order valence-corrected chi connectivity index (χ1v) is 5.21. The molecule has 1 aliphatic heterocycles. The Morgan fingerprint density at radius 3 is 2.73 bits per heavy atom. The number of hydroxylamine groups is 2. The Kier molecular flexibility index (Phi) is 3.02. The van der Waals surface area contributed by atoms with Crippen LogP contribution in [0.5, 0.6) is 0 Å². The van der Waals surface area contributed by atoms with Crippen LogP contribution < -0.4 is 0 Å². The van der Waals surface area contributed by atoms with E-state index in [-0.39, 0.29) is 11.9 Å². The Morgan fingerprint density at radius 2 is 2.13 bits per heavy atom. The highest BCUT2D eigenvalue weighted by Gasteiger charge is 2.36.